The first kappa shape index (κ1) is 16.0. The summed E-state index contributed by atoms with van der Waals surface area (Å²) in [5.74, 6) is 0.772. The third-order valence-electron chi connectivity index (χ3n) is 5.13. The van der Waals surface area contributed by atoms with E-state index in [4.69, 9.17) is 4.98 Å². The van der Waals surface area contributed by atoms with Gasteiger partial charge in [0.2, 0.25) is 0 Å². The van der Waals surface area contributed by atoms with Crippen LogP contribution in [0.4, 0.5) is 0 Å². The van der Waals surface area contributed by atoms with E-state index in [1.54, 1.807) is 12.4 Å². The zero-order valence-electron chi connectivity index (χ0n) is 14.9. The highest BCUT2D eigenvalue weighted by Crippen LogP contribution is 2.24. The van der Waals surface area contributed by atoms with Crippen molar-refractivity contribution in [3.05, 3.63) is 84.2 Å². The number of aromatic nitrogens is 4. The van der Waals surface area contributed by atoms with Gasteiger partial charge < -0.3 is 0 Å². The van der Waals surface area contributed by atoms with Gasteiger partial charge in [-0.1, -0.05) is 18.2 Å². The molecule has 0 saturated heterocycles. The van der Waals surface area contributed by atoms with Crippen molar-refractivity contribution in [3.8, 4) is 11.4 Å². The van der Waals surface area contributed by atoms with Crippen LogP contribution in [-0.4, -0.2) is 31.4 Å². The lowest BCUT2D eigenvalue weighted by molar-refractivity contribution is 0.242. The monoisotopic (exact) mass is 353 g/mol. The molecule has 0 amide bonds. The van der Waals surface area contributed by atoms with Crippen LogP contribution in [0.2, 0.25) is 0 Å². The summed E-state index contributed by atoms with van der Waals surface area (Å²) in [6.07, 6.45) is 10.3. The first-order valence-electron chi connectivity index (χ1n) is 9.16. The minimum absolute atomic E-state index is 0.772. The molecule has 1 aliphatic rings. The number of rotatable bonds is 3. The summed E-state index contributed by atoms with van der Waals surface area (Å²) in [5, 5.41) is 2.47. The highest BCUT2D eigenvalue weighted by atomic mass is 15.1. The van der Waals surface area contributed by atoms with Crippen LogP contribution in [0, 0.1) is 0 Å². The van der Waals surface area contributed by atoms with Crippen LogP contribution in [-0.2, 0) is 19.5 Å². The van der Waals surface area contributed by atoms with Gasteiger partial charge in [0.1, 0.15) is 0 Å². The summed E-state index contributed by atoms with van der Waals surface area (Å²) in [4.78, 5) is 20.2. The molecule has 132 valence electrons. The van der Waals surface area contributed by atoms with Crippen LogP contribution in [0.15, 0.2) is 67.4 Å². The van der Waals surface area contributed by atoms with Crippen molar-refractivity contribution in [1.82, 2.24) is 24.8 Å². The van der Waals surface area contributed by atoms with Crippen molar-refractivity contribution in [2.45, 2.75) is 19.5 Å². The molecule has 0 saturated carbocycles. The first-order chi connectivity index (χ1) is 13.4. The van der Waals surface area contributed by atoms with Crippen molar-refractivity contribution in [2.24, 2.45) is 0 Å². The zero-order chi connectivity index (χ0) is 18.1. The van der Waals surface area contributed by atoms with E-state index < -0.39 is 0 Å². The number of benzene rings is 1. The van der Waals surface area contributed by atoms with E-state index in [1.807, 2.05) is 30.7 Å². The van der Waals surface area contributed by atoms with E-state index in [0.717, 1.165) is 43.1 Å². The molecule has 0 aliphatic carbocycles. The van der Waals surface area contributed by atoms with E-state index >= 15 is 0 Å². The Hall–Kier alpha value is -3.18. The van der Waals surface area contributed by atoms with E-state index in [9.17, 15) is 0 Å². The van der Waals surface area contributed by atoms with Crippen LogP contribution < -0.4 is 0 Å². The van der Waals surface area contributed by atoms with Crippen LogP contribution in [0.3, 0.4) is 0 Å². The molecule has 0 radical (unpaired) electrons. The summed E-state index contributed by atoms with van der Waals surface area (Å²) >= 11 is 0. The molecule has 0 unspecified atom stereocenters. The Balaban J connectivity index is 1.42. The molecule has 27 heavy (non-hydrogen) atoms. The maximum absolute atomic E-state index is 4.85. The molecule has 0 N–H and O–H groups in total. The highest BCUT2D eigenvalue weighted by Gasteiger charge is 2.19. The topological polar surface area (TPSA) is 54.8 Å². The molecule has 1 aliphatic heterocycles. The van der Waals surface area contributed by atoms with Gasteiger partial charge in [-0.15, -0.1) is 0 Å². The Bertz CT molecular complexity index is 1090. The average molecular weight is 353 g/mol. The highest BCUT2D eigenvalue weighted by molar-refractivity contribution is 5.84. The lowest BCUT2D eigenvalue weighted by Crippen LogP contribution is -2.31. The Morgan fingerprint density at radius 2 is 1.81 bits per heavy atom. The lowest BCUT2D eigenvalue weighted by atomic mass is 10.0. The summed E-state index contributed by atoms with van der Waals surface area (Å²) in [6.45, 7) is 2.78. The van der Waals surface area contributed by atoms with Gasteiger partial charge in [0.05, 0.1) is 5.69 Å². The second-order valence-corrected chi connectivity index (χ2v) is 6.88. The summed E-state index contributed by atoms with van der Waals surface area (Å²) < 4.78 is 0. The van der Waals surface area contributed by atoms with Gasteiger partial charge in [0.15, 0.2) is 5.82 Å². The molecule has 5 nitrogen and oxygen atoms in total. The fourth-order valence-corrected chi connectivity index (χ4v) is 3.70. The number of pyridine rings is 2. The molecule has 5 heteroatoms. The van der Waals surface area contributed by atoms with E-state index in [2.05, 4.69) is 44.1 Å². The number of hydrogen-bond donors (Lipinski definition) is 0. The van der Waals surface area contributed by atoms with Crippen molar-refractivity contribution in [1.29, 1.82) is 0 Å². The van der Waals surface area contributed by atoms with Gasteiger partial charge in [0, 0.05) is 61.6 Å². The van der Waals surface area contributed by atoms with E-state index in [1.165, 1.54) is 21.9 Å². The van der Waals surface area contributed by atoms with Gasteiger partial charge >= 0.3 is 0 Å². The largest absolute Gasteiger partial charge is 0.293 e. The molecule has 0 bridgehead atoms. The maximum Gasteiger partial charge on any atom is 0.159 e. The van der Waals surface area contributed by atoms with Crippen LogP contribution in [0.1, 0.15) is 16.8 Å². The molecule has 1 aromatic carbocycles. The molecule has 4 heterocycles. The fourth-order valence-electron chi connectivity index (χ4n) is 3.70. The minimum atomic E-state index is 0.772. The zero-order valence-corrected chi connectivity index (χ0v) is 14.9. The number of nitrogens with zero attached hydrogens (tertiary/aromatic N) is 5. The molecule has 3 aromatic heterocycles. The molecule has 5 rings (SSSR count). The van der Waals surface area contributed by atoms with Crippen molar-refractivity contribution < 1.29 is 0 Å². The summed E-state index contributed by atoms with van der Waals surface area (Å²) in [6, 6.07) is 12.4. The van der Waals surface area contributed by atoms with Crippen LogP contribution in [0.25, 0.3) is 22.2 Å². The Morgan fingerprint density at radius 1 is 0.926 bits per heavy atom. The molecular weight excluding hydrogens is 334 g/mol. The second-order valence-electron chi connectivity index (χ2n) is 6.88. The molecule has 4 aromatic rings. The summed E-state index contributed by atoms with van der Waals surface area (Å²) in [7, 11) is 0. The van der Waals surface area contributed by atoms with Gasteiger partial charge in [-0.2, -0.15) is 0 Å². The molecular formula is C22H19N5. The summed E-state index contributed by atoms with van der Waals surface area (Å²) in [5.41, 5.74) is 4.73. The third kappa shape index (κ3) is 3.17. The number of hydrogen-bond acceptors (Lipinski definition) is 5. The quantitative estimate of drug-likeness (QED) is 0.563. The van der Waals surface area contributed by atoms with E-state index in [-0.39, 0.29) is 0 Å². The third-order valence-corrected chi connectivity index (χ3v) is 5.13. The Morgan fingerprint density at radius 3 is 2.74 bits per heavy atom. The average Bonchev–Trinajstić information content (AvgIpc) is 2.74. The molecule has 0 fully saturated rings. The fraction of sp³-hybridized carbons (Fsp3) is 0.182. The maximum atomic E-state index is 4.85. The SMILES string of the molecule is c1cc(CN2CCc3cnc(-c4ccncc4)nc3C2)c2ccncc2c1. The van der Waals surface area contributed by atoms with Crippen LogP contribution in [0.5, 0.6) is 0 Å². The van der Waals surface area contributed by atoms with Crippen molar-refractivity contribution in [2.75, 3.05) is 6.54 Å². The van der Waals surface area contributed by atoms with Gasteiger partial charge in [-0.25, -0.2) is 9.97 Å². The van der Waals surface area contributed by atoms with E-state index in [0.29, 0.717) is 0 Å². The normalized spacial score (nSPS) is 14.2. The predicted molar refractivity (Wildman–Crippen MR) is 105 cm³/mol. The molecule has 0 atom stereocenters. The standard InChI is InChI=1S/C22H19N5/c1-2-17-12-24-10-6-20(17)19(3-1)14-27-11-7-18-13-25-22(26-21(18)15-27)16-4-8-23-9-5-16/h1-6,8-10,12-13H,7,11,14-15H2. The van der Waals surface area contributed by atoms with Crippen LogP contribution >= 0.6 is 0 Å². The second kappa shape index (κ2) is 6.85. The van der Waals surface area contributed by atoms with Crippen molar-refractivity contribution >= 4 is 10.8 Å². The minimum Gasteiger partial charge on any atom is -0.293 e. The van der Waals surface area contributed by atoms with Crippen molar-refractivity contribution in [3.63, 3.8) is 0 Å². The number of fused-ring (bicyclic) bond motifs is 2. The Labute approximate surface area is 157 Å². The lowest BCUT2D eigenvalue weighted by Gasteiger charge is -2.28. The van der Waals surface area contributed by atoms with Gasteiger partial charge in [-0.3, -0.25) is 14.9 Å². The van der Waals surface area contributed by atoms with Gasteiger partial charge in [-0.05, 0) is 41.1 Å². The smallest absolute Gasteiger partial charge is 0.159 e. The Kier molecular flexibility index (Phi) is 4.07. The van der Waals surface area contributed by atoms with Gasteiger partial charge in [0.25, 0.3) is 0 Å². The first-order valence-corrected chi connectivity index (χ1v) is 9.16. The predicted octanol–water partition coefficient (Wildman–Crippen LogP) is 3.65. The molecule has 0 spiro atoms.